The minimum atomic E-state index is -0.755. The molecule has 188 valence electrons. The van der Waals surface area contributed by atoms with Gasteiger partial charge in [0.05, 0.1) is 23.9 Å². The zero-order valence-corrected chi connectivity index (χ0v) is 20.3. The first-order valence-electron chi connectivity index (χ1n) is 11.8. The number of benzene rings is 2. The first-order chi connectivity index (χ1) is 17.9. The van der Waals surface area contributed by atoms with Gasteiger partial charge in [-0.1, -0.05) is 12.0 Å². The molecule has 1 aliphatic rings. The first kappa shape index (κ1) is 25.4. The van der Waals surface area contributed by atoms with Crippen LogP contribution in [0.4, 0.5) is 15.9 Å². The number of aromatic nitrogens is 1. The number of nitrogens with one attached hydrogen (secondary N) is 3. The minimum absolute atomic E-state index is 0.0967. The SMILES string of the molecule is C#Cc1ccc(NC(=O)c2cc(OC)ccc2NC(=O)c2ccc(C(=N)N3CCCCC3)cc2F)nc1. The molecule has 1 aromatic heterocycles. The number of ether oxygens (including phenoxy) is 1. The number of amidine groups is 1. The number of carbonyl (C=O) groups excluding carboxylic acids is 2. The number of piperidine rings is 1. The van der Waals surface area contributed by atoms with E-state index in [1.54, 1.807) is 24.3 Å². The van der Waals surface area contributed by atoms with E-state index in [2.05, 4.69) is 21.5 Å². The highest BCUT2D eigenvalue weighted by Crippen LogP contribution is 2.25. The summed E-state index contributed by atoms with van der Waals surface area (Å²) >= 11 is 0. The van der Waals surface area contributed by atoms with E-state index in [0.29, 0.717) is 16.9 Å². The molecule has 2 aromatic carbocycles. The van der Waals surface area contributed by atoms with Crippen LogP contribution in [0.15, 0.2) is 54.7 Å². The van der Waals surface area contributed by atoms with Crippen LogP contribution >= 0.6 is 0 Å². The number of amides is 2. The van der Waals surface area contributed by atoms with Gasteiger partial charge in [0.2, 0.25) is 0 Å². The zero-order valence-electron chi connectivity index (χ0n) is 20.3. The van der Waals surface area contributed by atoms with Crippen LogP contribution in [0.25, 0.3) is 0 Å². The number of pyridine rings is 1. The van der Waals surface area contributed by atoms with Gasteiger partial charge in [-0.05, 0) is 61.7 Å². The van der Waals surface area contributed by atoms with E-state index >= 15 is 0 Å². The van der Waals surface area contributed by atoms with Gasteiger partial charge in [-0.2, -0.15) is 0 Å². The Balaban J connectivity index is 1.53. The van der Waals surface area contributed by atoms with E-state index in [9.17, 15) is 14.0 Å². The molecule has 1 fully saturated rings. The number of hydrogen-bond acceptors (Lipinski definition) is 5. The van der Waals surface area contributed by atoms with Crippen molar-refractivity contribution >= 4 is 29.2 Å². The largest absolute Gasteiger partial charge is 0.497 e. The molecular formula is C28H26FN5O3. The van der Waals surface area contributed by atoms with Crippen LogP contribution in [0.3, 0.4) is 0 Å². The predicted molar refractivity (Wildman–Crippen MR) is 140 cm³/mol. The van der Waals surface area contributed by atoms with Crippen LogP contribution in [0, 0.1) is 23.6 Å². The number of anilines is 2. The van der Waals surface area contributed by atoms with Crippen LogP contribution in [0.1, 0.15) is 51.1 Å². The number of rotatable bonds is 6. The third-order valence-corrected chi connectivity index (χ3v) is 6.05. The van der Waals surface area contributed by atoms with Crippen LogP contribution in [0.2, 0.25) is 0 Å². The molecule has 3 aromatic rings. The number of nitrogens with zero attached hydrogens (tertiary/aromatic N) is 2. The summed E-state index contributed by atoms with van der Waals surface area (Å²) in [5.41, 5.74) is 1.02. The molecule has 0 atom stereocenters. The summed E-state index contributed by atoms with van der Waals surface area (Å²) in [7, 11) is 1.45. The second-order valence-corrected chi connectivity index (χ2v) is 8.49. The number of hydrogen-bond donors (Lipinski definition) is 3. The molecule has 3 N–H and O–H groups in total. The maximum atomic E-state index is 15.0. The highest BCUT2D eigenvalue weighted by atomic mass is 19.1. The van der Waals surface area contributed by atoms with Crippen molar-refractivity contribution < 1.29 is 18.7 Å². The molecule has 9 heteroatoms. The fourth-order valence-electron chi connectivity index (χ4n) is 4.02. The van der Waals surface area contributed by atoms with Crippen LogP contribution < -0.4 is 15.4 Å². The molecular weight excluding hydrogens is 473 g/mol. The topological polar surface area (TPSA) is 107 Å². The minimum Gasteiger partial charge on any atom is -0.497 e. The number of likely N-dealkylation sites (tertiary alicyclic amines) is 1. The summed E-state index contributed by atoms with van der Waals surface area (Å²) in [6, 6.07) is 11.8. The second kappa shape index (κ2) is 11.4. The molecule has 37 heavy (non-hydrogen) atoms. The standard InChI is InChI=1S/C28H26FN5O3/c1-3-18-7-12-25(31-17-18)33-28(36)22-16-20(37-2)9-11-24(22)32-27(35)21-10-8-19(15-23(21)29)26(30)34-13-5-4-6-14-34/h1,7-12,15-17,30H,4-6,13-14H2,2H3,(H,32,35)(H,31,33,36). The van der Waals surface area contributed by atoms with Gasteiger partial charge in [-0.3, -0.25) is 15.0 Å². The third-order valence-electron chi connectivity index (χ3n) is 6.05. The lowest BCUT2D eigenvalue weighted by Gasteiger charge is -2.29. The maximum Gasteiger partial charge on any atom is 0.259 e. The van der Waals surface area contributed by atoms with Crippen molar-refractivity contribution in [3.8, 4) is 18.1 Å². The highest BCUT2D eigenvalue weighted by Gasteiger charge is 2.21. The van der Waals surface area contributed by atoms with E-state index in [4.69, 9.17) is 16.6 Å². The number of carbonyl (C=O) groups is 2. The van der Waals surface area contributed by atoms with Crippen molar-refractivity contribution in [2.45, 2.75) is 19.3 Å². The Morgan fingerprint density at radius 1 is 1.03 bits per heavy atom. The maximum absolute atomic E-state index is 15.0. The molecule has 1 aliphatic heterocycles. The third kappa shape index (κ3) is 5.93. The molecule has 1 saturated heterocycles. The Labute approximate surface area is 214 Å². The van der Waals surface area contributed by atoms with Crippen molar-refractivity contribution in [3.05, 3.63) is 82.8 Å². The summed E-state index contributed by atoms with van der Waals surface area (Å²) in [5, 5.41) is 13.7. The van der Waals surface area contributed by atoms with Gasteiger partial charge in [0, 0.05) is 30.4 Å². The highest BCUT2D eigenvalue weighted by molar-refractivity contribution is 6.12. The number of terminal acetylenes is 1. The van der Waals surface area contributed by atoms with Gasteiger partial charge in [-0.25, -0.2) is 9.37 Å². The van der Waals surface area contributed by atoms with Gasteiger partial charge in [-0.15, -0.1) is 6.42 Å². The van der Waals surface area contributed by atoms with E-state index in [1.165, 1.54) is 37.6 Å². The predicted octanol–water partition coefficient (Wildman–Crippen LogP) is 4.53. The van der Waals surface area contributed by atoms with Gasteiger partial charge in [0.1, 0.15) is 23.2 Å². The molecule has 2 amide bonds. The zero-order chi connectivity index (χ0) is 26.4. The summed E-state index contributed by atoms with van der Waals surface area (Å²) in [6.45, 7) is 1.52. The van der Waals surface area contributed by atoms with E-state index in [0.717, 1.165) is 32.4 Å². The van der Waals surface area contributed by atoms with Crippen molar-refractivity contribution in [1.29, 1.82) is 5.41 Å². The molecule has 8 nitrogen and oxygen atoms in total. The van der Waals surface area contributed by atoms with Crippen LogP contribution in [-0.4, -0.2) is 47.7 Å². The van der Waals surface area contributed by atoms with Crippen molar-refractivity contribution in [2.75, 3.05) is 30.8 Å². The van der Waals surface area contributed by atoms with Gasteiger partial charge in [0.25, 0.3) is 11.8 Å². The Morgan fingerprint density at radius 3 is 2.43 bits per heavy atom. The monoisotopic (exact) mass is 499 g/mol. The summed E-state index contributed by atoms with van der Waals surface area (Å²) in [4.78, 5) is 32.0. The molecule has 0 radical (unpaired) electrons. The van der Waals surface area contributed by atoms with Crippen LogP contribution in [0.5, 0.6) is 5.75 Å². The van der Waals surface area contributed by atoms with E-state index in [-0.39, 0.29) is 28.5 Å². The van der Waals surface area contributed by atoms with E-state index in [1.807, 2.05) is 4.90 Å². The Morgan fingerprint density at radius 2 is 1.78 bits per heavy atom. The van der Waals surface area contributed by atoms with Crippen molar-refractivity contribution in [3.63, 3.8) is 0 Å². The molecule has 2 heterocycles. The van der Waals surface area contributed by atoms with Gasteiger partial charge in [0.15, 0.2) is 0 Å². The molecule has 0 aliphatic carbocycles. The quantitative estimate of drug-likeness (QED) is 0.263. The molecule has 0 saturated carbocycles. The van der Waals surface area contributed by atoms with E-state index < -0.39 is 17.6 Å². The average Bonchev–Trinajstić information content (AvgIpc) is 2.93. The second-order valence-electron chi connectivity index (χ2n) is 8.49. The average molecular weight is 500 g/mol. The lowest BCUT2D eigenvalue weighted by Crippen LogP contribution is -2.35. The molecule has 0 unspecified atom stereocenters. The smallest absolute Gasteiger partial charge is 0.259 e. The Hall–Kier alpha value is -4.71. The first-order valence-corrected chi connectivity index (χ1v) is 11.8. The molecule has 0 spiro atoms. The summed E-state index contributed by atoms with van der Waals surface area (Å²) < 4.78 is 20.2. The Bertz CT molecular complexity index is 1380. The summed E-state index contributed by atoms with van der Waals surface area (Å²) in [6.07, 6.45) is 9.89. The summed E-state index contributed by atoms with van der Waals surface area (Å²) in [5.74, 6) is 1.30. The Kier molecular flexibility index (Phi) is 7.79. The van der Waals surface area contributed by atoms with Gasteiger partial charge < -0.3 is 20.3 Å². The normalized spacial score (nSPS) is 12.8. The fraction of sp³-hybridized carbons (Fsp3) is 0.214. The molecule has 0 bridgehead atoms. The molecule has 4 rings (SSSR count). The number of halogens is 1. The number of methoxy groups -OCH3 is 1. The van der Waals surface area contributed by atoms with Crippen molar-refractivity contribution in [1.82, 2.24) is 9.88 Å². The lowest BCUT2D eigenvalue weighted by atomic mass is 10.1. The van der Waals surface area contributed by atoms with Crippen LogP contribution in [-0.2, 0) is 0 Å². The van der Waals surface area contributed by atoms with Gasteiger partial charge >= 0.3 is 0 Å². The fourth-order valence-corrected chi connectivity index (χ4v) is 4.02. The van der Waals surface area contributed by atoms with Crippen molar-refractivity contribution in [2.24, 2.45) is 0 Å². The lowest BCUT2D eigenvalue weighted by molar-refractivity contribution is 0.102.